The Bertz CT molecular complexity index is 947. The van der Waals surface area contributed by atoms with Crippen LogP contribution in [0, 0.1) is 12.7 Å². The van der Waals surface area contributed by atoms with E-state index >= 15 is 0 Å². The van der Waals surface area contributed by atoms with Gasteiger partial charge in [-0.3, -0.25) is 0 Å². The van der Waals surface area contributed by atoms with Gasteiger partial charge in [-0.15, -0.1) is 0 Å². The molecule has 0 amide bonds. The standard InChI is InChI=1S/C18H13BrClFO4/c1-9-17(18(22)23-2)10-6-16(12(19)7-15(10)25-9)24-8-11-13(20)4-3-5-14(11)21/h3-7H,8H2,1-2H3. The number of carbonyl (C=O) groups excluding carboxylic acids is 1. The van der Waals surface area contributed by atoms with Crippen molar-refractivity contribution in [1.82, 2.24) is 0 Å². The van der Waals surface area contributed by atoms with Gasteiger partial charge in [-0.1, -0.05) is 17.7 Å². The van der Waals surface area contributed by atoms with E-state index in [1.807, 2.05) is 0 Å². The van der Waals surface area contributed by atoms with E-state index in [2.05, 4.69) is 15.9 Å². The summed E-state index contributed by atoms with van der Waals surface area (Å²) in [6.45, 7) is 1.62. The lowest BCUT2D eigenvalue weighted by Gasteiger charge is -2.10. The molecule has 0 unspecified atom stereocenters. The van der Waals surface area contributed by atoms with E-state index in [9.17, 15) is 9.18 Å². The Labute approximate surface area is 156 Å². The van der Waals surface area contributed by atoms with E-state index in [0.717, 1.165) is 0 Å². The fraction of sp³-hybridized carbons (Fsp3) is 0.167. The molecule has 7 heteroatoms. The van der Waals surface area contributed by atoms with E-state index in [1.54, 1.807) is 25.1 Å². The van der Waals surface area contributed by atoms with E-state index in [1.165, 1.54) is 19.2 Å². The predicted molar refractivity (Wildman–Crippen MR) is 95.7 cm³/mol. The number of hydrogen-bond acceptors (Lipinski definition) is 4. The highest BCUT2D eigenvalue weighted by molar-refractivity contribution is 9.10. The lowest BCUT2D eigenvalue weighted by Crippen LogP contribution is -2.02. The third-order valence-corrected chi connectivity index (χ3v) is 4.72. The predicted octanol–water partition coefficient (Wildman–Crippen LogP) is 5.66. The molecule has 0 saturated heterocycles. The summed E-state index contributed by atoms with van der Waals surface area (Å²) < 4.78 is 30.6. The zero-order valence-electron chi connectivity index (χ0n) is 13.4. The van der Waals surface area contributed by atoms with Crippen molar-refractivity contribution < 1.29 is 23.1 Å². The number of hydrogen-bond donors (Lipinski definition) is 0. The number of rotatable bonds is 4. The van der Waals surface area contributed by atoms with Crippen molar-refractivity contribution in [3.8, 4) is 5.75 Å². The summed E-state index contributed by atoms with van der Waals surface area (Å²) in [5, 5.41) is 0.841. The second-order valence-electron chi connectivity index (χ2n) is 5.29. The van der Waals surface area contributed by atoms with Gasteiger partial charge >= 0.3 is 5.97 Å². The molecular weight excluding hydrogens is 415 g/mol. The van der Waals surface area contributed by atoms with Crippen LogP contribution in [0.4, 0.5) is 4.39 Å². The van der Waals surface area contributed by atoms with Crippen molar-refractivity contribution in [2.24, 2.45) is 0 Å². The molecule has 0 bridgehead atoms. The molecule has 4 nitrogen and oxygen atoms in total. The number of ether oxygens (including phenoxy) is 2. The third-order valence-electron chi connectivity index (χ3n) is 3.74. The van der Waals surface area contributed by atoms with Crippen LogP contribution in [0.1, 0.15) is 21.7 Å². The smallest absolute Gasteiger partial charge is 0.342 e. The number of methoxy groups -OCH3 is 1. The molecule has 2 aromatic carbocycles. The lowest BCUT2D eigenvalue weighted by molar-refractivity contribution is 0.0600. The van der Waals surface area contributed by atoms with Gasteiger partial charge in [0.15, 0.2) is 0 Å². The molecule has 0 N–H and O–H groups in total. The summed E-state index contributed by atoms with van der Waals surface area (Å²) in [6, 6.07) is 7.78. The van der Waals surface area contributed by atoms with Gasteiger partial charge in [-0.25, -0.2) is 9.18 Å². The van der Waals surface area contributed by atoms with Crippen LogP contribution in [-0.4, -0.2) is 13.1 Å². The Morgan fingerprint density at radius 3 is 2.80 bits per heavy atom. The summed E-state index contributed by atoms with van der Waals surface area (Å²) in [6.07, 6.45) is 0. The molecule has 0 aliphatic carbocycles. The van der Waals surface area contributed by atoms with Gasteiger partial charge in [-0.2, -0.15) is 0 Å². The minimum atomic E-state index is -0.498. The normalized spacial score (nSPS) is 10.9. The quantitative estimate of drug-likeness (QED) is 0.504. The van der Waals surface area contributed by atoms with E-state index in [4.69, 9.17) is 25.5 Å². The average Bonchev–Trinajstić information content (AvgIpc) is 2.88. The first kappa shape index (κ1) is 17.8. The number of fused-ring (bicyclic) bond motifs is 1. The molecule has 25 heavy (non-hydrogen) atoms. The minimum absolute atomic E-state index is 0.0556. The Hall–Kier alpha value is -2.05. The Balaban J connectivity index is 1.99. The van der Waals surface area contributed by atoms with Crippen molar-refractivity contribution >= 4 is 44.5 Å². The van der Waals surface area contributed by atoms with E-state index in [-0.39, 0.29) is 17.2 Å². The number of aryl methyl sites for hydroxylation is 1. The highest BCUT2D eigenvalue weighted by Crippen LogP contribution is 2.36. The first-order valence-electron chi connectivity index (χ1n) is 7.29. The van der Waals surface area contributed by atoms with Gasteiger partial charge in [0, 0.05) is 10.9 Å². The largest absolute Gasteiger partial charge is 0.488 e. The molecule has 0 saturated carbocycles. The summed E-state index contributed by atoms with van der Waals surface area (Å²) in [7, 11) is 1.30. The van der Waals surface area contributed by atoms with Crippen molar-refractivity contribution in [3.05, 3.63) is 62.5 Å². The molecule has 1 aromatic heterocycles. The summed E-state index contributed by atoms with van der Waals surface area (Å²) >= 11 is 9.40. The van der Waals surface area contributed by atoms with Crippen LogP contribution in [0.5, 0.6) is 5.75 Å². The second kappa shape index (κ2) is 7.06. The Morgan fingerprint density at radius 2 is 2.12 bits per heavy atom. The van der Waals surface area contributed by atoms with Crippen molar-refractivity contribution in [1.29, 1.82) is 0 Å². The molecule has 3 aromatic rings. The van der Waals surface area contributed by atoms with Crippen LogP contribution in [0.15, 0.2) is 39.2 Å². The number of carbonyl (C=O) groups is 1. The molecule has 130 valence electrons. The number of esters is 1. The molecule has 0 atom stereocenters. The van der Waals surface area contributed by atoms with Crippen molar-refractivity contribution in [3.63, 3.8) is 0 Å². The number of halogens is 3. The Morgan fingerprint density at radius 1 is 1.36 bits per heavy atom. The maximum atomic E-state index is 13.9. The molecule has 1 heterocycles. The molecule has 0 aliphatic heterocycles. The fourth-order valence-corrected chi connectivity index (χ4v) is 3.16. The highest BCUT2D eigenvalue weighted by atomic mass is 79.9. The van der Waals surface area contributed by atoms with Crippen LogP contribution >= 0.6 is 27.5 Å². The minimum Gasteiger partial charge on any atom is -0.488 e. The van der Waals surface area contributed by atoms with Crippen LogP contribution < -0.4 is 4.74 Å². The van der Waals surface area contributed by atoms with Gasteiger partial charge < -0.3 is 13.9 Å². The van der Waals surface area contributed by atoms with Crippen LogP contribution in [0.3, 0.4) is 0 Å². The fourth-order valence-electron chi connectivity index (χ4n) is 2.51. The number of furan rings is 1. The molecule has 0 fully saturated rings. The number of benzene rings is 2. The average molecular weight is 428 g/mol. The molecule has 0 spiro atoms. The van der Waals surface area contributed by atoms with E-state index in [0.29, 0.717) is 32.5 Å². The first-order valence-corrected chi connectivity index (χ1v) is 8.46. The van der Waals surface area contributed by atoms with Crippen molar-refractivity contribution in [2.45, 2.75) is 13.5 Å². The van der Waals surface area contributed by atoms with Crippen LogP contribution in [0.2, 0.25) is 5.02 Å². The van der Waals surface area contributed by atoms with Gasteiger partial charge in [0.1, 0.15) is 35.1 Å². The third kappa shape index (κ3) is 3.37. The second-order valence-corrected chi connectivity index (χ2v) is 6.55. The summed E-state index contributed by atoms with van der Waals surface area (Å²) in [5.41, 5.74) is 1.10. The molecular formula is C18H13BrClFO4. The zero-order chi connectivity index (χ0) is 18.1. The lowest BCUT2D eigenvalue weighted by atomic mass is 10.1. The van der Waals surface area contributed by atoms with Gasteiger partial charge in [0.25, 0.3) is 0 Å². The molecule has 0 aliphatic rings. The first-order chi connectivity index (χ1) is 11.9. The maximum Gasteiger partial charge on any atom is 0.342 e. The van der Waals surface area contributed by atoms with Crippen LogP contribution in [0.25, 0.3) is 11.0 Å². The monoisotopic (exact) mass is 426 g/mol. The van der Waals surface area contributed by atoms with Gasteiger partial charge in [0.05, 0.1) is 16.6 Å². The van der Waals surface area contributed by atoms with Crippen molar-refractivity contribution in [2.75, 3.05) is 7.11 Å². The van der Waals surface area contributed by atoms with Gasteiger partial charge in [-0.05, 0) is 47.1 Å². The Kier molecular flexibility index (Phi) is 5.01. The highest BCUT2D eigenvalue weighted by Gasteiger charge is 2.21. The SMILES string of the molecule is COC(=O)c1c(C)oc2cc(Br)c(OCc3c(F)cccc3Cl)cc12. The molecule has 3 rings (SSSR count). The van der Waals surface area contributed by atoms with E-state index < -0.39 is 11.8 Å². The maximum absolute atomic E-state index is 13.9. The molecule has 0 radical (unpaired) electrons. The topological polar surface area (TPSA) is 48.7 Å². The van der Waals surface area contributed by atoms with Gasteiger partial charge in [0.2, 0.25) is 0 Å². The summed E-state index contributed by atoms with van der Waals surface area (Å²) in [5.74, 6) is -0.0680. The van der Waals surface area contributed by atoms with Crippen LogP contribution in [-0.2, 0) is 11.3 Å². The zero-order valence-corrected chi connectivity index (χ0v) is 15.7. The summed E-state index contributed by atoms with van der Waals surface area (Å²) in [4.78, 5) is 12.0.